The molecule has 3 atom stereocenters. The fourth-order valence-electron chi connectivity index (χ4n) is 2.97. The third-order valence-corrected chi connectivity index (χ3v) is 4.63. The molecule has 1 heterocycles. The van der Waals surface area contributed by atoms with Gasteiger partial charge in [0.2, 0.25) is 5.91 Å². The van der Waals surface area contributed by atoms with Crippen LogP contribution in [-0.2, 0) is 9.59 Å². The molecule has 1 aliphatic heterocycles. The Balaban J connectivity index is 2.39. The number of amides is 1. The van der Waals surface area contributed by atoms with Crippen LogP contribution in [0.1, 0.15) is 65.2 Å². The lowest BCUT2D eigenvalue weighted by Crippen LogP contribution is -2.33. The van der Waals surface area contributed by atoms with E-state index in [1.807, 2.05) is 17.9 Å². The molecule has 1 fully saturated rings. The molecule has 1 aliphatic rings. The minimum absolute atomic E-state index is 0.0608. The number of hydrogen-bond acceptors (Lipinski definition) is 3. The molecule has 5 nitrogen and oxygen atoms in total. The molecule has 0 aromatic heterocycles. The number of aliphatic hydroxyl groups is 1. The highest BCUT2D eigenvalue weighted by atomic mass is 16.4. The lowest BCUT2D eigenvalue weighted by atomic mass is 10.00. The van der Waals surface area contributed by atoms with Gasteiger partial charge in [-0.25, -0.2) is 0 Å². The van der Waals surface area contributed by atoms with Crippen molar-refractivity contribution in [1.29, 1.82) is 0 Å². The molecular formula is C20H31NO4. The summed E-state index contributed by atoms with van der Waals surface area (Å²) in [6.45, 7) is 4.46. The van der Waals surface area contributed by atoms with Crippen molar-refractivity contribution in [3.05, 3.63) is 12.2 Å². The summed E-state index contributed by atoms with van der Waals surface area (Å²) in [6.07, 6.45) is 8.82. The van der Waals surface area contributed by atoms with E-state index in [1.165, 1.54) is 0 Å². The number of unbranched alkanes of at least 4 members (excludes halogenated alkanes) is 3. The number of carboxylic acids is 1. The second-order valence-electron chi connectivity index (χ2n) is 6.73. The van der Waals surface area contributed by atoms with Crippen LogP contribution >= 0.6 is 0 Å². The first kappa shape index (κ1) is 21.2. The van der Waals surface area contributed by atoms with Crippen LogP contribution in [0, 0.1) is 17.8 Å². The minimum Gasteiger partial charge on any atom is -0.481 e. The van der Waals surface area contributed by atoms with E-state index in [1.54, 1.807) is 13.0 Å². The van der Waals surface area contributed by atoms with E-state index in [0.29, 0.717) is 25.8 Å². The van der Waals surface area contributed by atoms with Crippen LogP contribution in [0.2, 0.25) is 0 Å². The third kappa shape index (κ3) is 8.22. The van der Waals surface area contributed by atoms with E-state index in [0.717, 1.165) is 25.7 Å². The average molecular weight is 349 g/mol. The van der Waals surface area contributed by atoms with Gasteiger partial charge in [-0.3, -0.25) is 9.59 Å². The van der Waals surface area contributed by atoms with Crippen LogP contribution < -0.4 is 0 Å². The van der Waals surface area contributed by atoms with Crippen molar-refractivity contribution in [2.24, 2.45) is 5.92 Å². The first-order chi connectivity index (χ1) is 12.0. The van der Waals surface area contributed by atoms with Gasteiger partial charge in [-0.2, -0.15) is 0 Å². The SMILES string of the molecule is CC#CCC(C)C(O)C=CC1CCC(=O)N1CCCCCCC(=O)O. The molecule has 0 bridgehead atoms. The second-order valence-corrected chi connectivity index (χ2v) is 6.73. The summed E-state index contributed by atoms with van der Waals surface area (Å²) >= 11 is 0. The van der Waals surface area contributed by atoms with E-state index in [-0.39, 0.29) is 24.3 Å². The quantitative estimate of drug-likeness (QED) is 0.341. The maximum Gasteiger partial charge on any atom is 0.303 e. The predicted octanol–water partition coefficient (Wildman–Crippen LogP) is 2.98. The van der Waals surface area contributed by atoms with Crippen LogP contribution in [0.3, 0.4) is 0 Å². The second kappa shape index (κ2) is 11.7. The van der Waals surface area contributed by atoms with E-state index >= 15 is 0 Å². The summed E-state index contributed by atoms with van der Waals surface area (Å²) in [5.74, 6) is 5.30. The molecule has 1 rings (SSSR count). The van der Waals surface area contributed by atoms with Gasteiger partial charge >= 0.3 is 5.97 Å². The highest BCUT2D eigenvalue weighted by Crippen LogP contribution is 2.21. The molecule has 0 aromatic rings. The van der Waals surface area contributed by atoms with Crippen molar-refractivity contribution in [2.75, 3.05) is 6.54 Å². The number of nitrogens with zero attached hydrogens (tertiary/aromatic N) is 1. The minimum atomic E-state index is -0.752. The Labute approximate surface area is 151 Å². The molecule has 5 heteroatoms. The van der Waals surface area contributed by atoms with Crippen LogP contribution in [0.15, 0.2) is 12.2 Å². The summed E-state index contributed by atoms with van der Waals surface area (Å²) in [5.41, 5.74) is 0. The summed E-state index contributed by atoms with van der Waals surface area (Å²) in [5, 5.41) is 18.8. The van der Waals surface area contributed by atoms with Crippen molar-refractivity contribution < 1.29 is 19.8 Å². The molecule has 0 saturated carbocycles. The van der Waals surface area contributed by atoms with Crippen LogP contribution in [0.5, 0.6) is 0 Å². The maximum atomic E-state index is 12.0. The Morgan fingerprint density at radius 3 is 2.76 bits per heavy atom. The number of rotatable bonds is 11. The first-order valence-electron chi connectivity index (χ1n) is 9.23. The molecule has 1 saturated heterocycles. The summed E-state index contributed by atoms with van der Waals surface area (Å²) in [4.78, 5) is 24.4. The highest BCUT2D eigenvalue weighted by molar-refractivity contribution is 5.79. The summed E-state index contributed by atoms with van der Waals surface area (Å²) < 4.78 is 0. The number of carbonyl (C=O) groups is 2. The largest absolute Gasteiger partial charge is 0.481 e. The lowest BCUT2D eigenvalue weighted by Gasteiger charge is -2.23. The zero-order valence-corrected chi connectivity index (χ0v) is 15.4. The molecular weight excluding hydrogens is 318 g/mol. The van der Waals surface area contributed by atoms with Gasteiger partial charge in [0, 0.05) is 25.8 Å². The predicted molar refractivity (Wildman–Crippen MR) is 97.8 cm³/mol. The summed E-state index contributed by atoms with van der Waals surface area (Å²) in [7, 11) is 0. The van der Waals surface area contributed by atoms with Crippen molar-refractivity contribution in [2.45, 2.75) is 77.4 Å². The summed E-state index contributed by atoms with van der Waals surface area (Å²) in [6, 6.07) is 0.0608. The lowest BCUT2D eigenvalue weighted by molar-refractivity contribution is -0.137. The van der Waals surface area contributed by atoms with Gasteiger partial charge in [0.25, 0.3) is 0 Å². The smallest absolute Gasteiger partial charge is 0.303 e. The third-order valence-electron chi connectivity index (χ3n) is 4.63. The van der Waals surface area contributed by atoms with E-state index < -0.39 is 12.1 Å². The van der Waals surface area contributed by atoms with Crippen LogP contribution in [-0.4, -0.2) is 45.7 Å². The highest BCUT2D eigenvalue weighted by Gasteiger charge is 2.28. The van der Waals surface area contributed by atoms with E-state index in [2.05, 4.69) is 11.8 Å². The van der Waals surface area contributed by atoms with Gasteiger partial charge in [-0.05, 0) is 32.1 Å². The average Bonchev–Trinajstić information content (AvgIpc) is 2.93. The van der Waals surface area contributed by atoms with Crippen LogP contribution in [0.25, 0.3) is 0 Å². The van der Waals surface area contributed by atoms with Gasteiger partial charge in [-0.15, -0.1) is 11.8 Å². The zero-order valence-electron chi connectivity index (χ0n) is 15.4. The van der Waals surface area contributed by atoms with Crippen molar-refractivity contribution in [1.82, 2.24) is 4.90 Å². The Kier molecular flexibility index (Phi) is 9.94. The topological polar surface area (TPSA) is 77.8 Å². The number of likely N-dealkylation sites (tertiary alicyclic amines) is 1. The molecule has 2 N–H and O–H groups in total. The van der Waals surface area contributed by atoms with Gasteiger partial charge in [0.15, 0.2) is 0 Å². The maximum absolute atomic E-state index is 12.0. The molecule has 0 aliphatic carbocycles. The number of aliphatic carboxylic acids is 1. The fraction of sp³-hybridized carbons (Fsp3) is 0.700. The first-order valence-corrected chi connectivity index (χ1v) is 9.23. The Morgan fingerprint density at radius 2 is 2.08 bits per heavy atom. The van der Waals surface area contributed by atoms with Crippen molar-refractivity contribution >= 4 is 11.9 Å². The molecule has 0 aromatic carbocycles. The molecule has 3 unspecified atom stereocenters. The van der Waals surface area contributed by atoms with Crippen LogP contribution in [0.4, 0.5) is 0 Å². The van der Waals surface area contributed by atoms with Gasteiger partial charge in [-0.1, -0.05) is 31.9 Å². The van der Waals surface area contributed by atoms with Crippen molar-refractivity contribution in [3.63, 3.8) is 0 Å². The Hall–Kier alpha value is -1.80. The monoisotopic (exact) mass is 349 g/mol. The van der Waals surface area contributed by atoms with E-state index in [9.17, 15) is 14.7 Å². The molecule has 25 heavy (non-hydrogen) atoms. The normalized spacial score (nSPS) is 19.7. The van der Waals surface area contributed by atoms with Gasteiger partial charge in [0.1, 0.15) is 0 Å². The van der Waals surface area contributed by atoms with E-state index in [4.69, 9.17) is 5.11 Å². The number of carboxylic acid groups (broad SMARTS) is 1. The Bertz CT molecular complexity index is 518. The number of hydrogen-bond donors (Lipinski definition) is 2. The Morgan fingerprint density at radius 1 is 1.36 bits per heavy atom. The molecule has 140 valence electrons. The standard InChI is InChI=1S/C20H31NO4/c1-3-4-9-16(2)18(22)13-11-17-12-14-19(23)21(17)15-8-6-5-7-10-20(24)25/h11,13,16-18,22H,5-10,12,14-15H2,1-2H3,(H,24,25). The molecule has 0 spiro atoms. The fourth-order valence-corrected chi connectivity index (χ4v) is 2.97. The molecule has 0 radical (unpaired) electrons. The van der Waals surface area contributed by atoms with Gasteiger partial charge in [0.05, 0.1) is 12.1 Å². The molecule has 1 amide bonds. The number of carbonyl (C=O) groups excluding carboxylic acids is 1. The van der Waals surface area contributed by atoms with Gasteiger partial charge < -0.3 is 15.1 Å². The number of aliphatic hydroxyl groups excluding tert-OH is 1. The van der Waals surface area contributed by atoms with Crippen molar-refractivity contribution in [3.8, 4) is 11.8 Å². The zero-order chi connectivity index (χ0) is 18.7.